The van der Waals surface area contributed by atoms with Crippen LogP contribution in [0.3, 0.4) is 0 Å². The van der Waals surface area contributed by atoms with Gasteiger partial charge in [0.1, 0.15) is 5.75 Å². The average molecular weight is 345 g/mol. The first-order chi connectivity index (χ1) is 10.4. The maximum atomic E-state index is 13.0. The molecule has 1 aliphatic rings. The number of likely N-dealkylation sites (N-methyl/N-ethyl adjacent to an activating group) is 1. The molecule has 5 nitrogen and oxygen atoms in total. The van der Waals surface area contributed by atoms with E-state index in [4.69, 9.17) is 4.74 Å². The molecule has 1 aromatic carbocycles. The molecule has 7 heteroatoms. The van der Waals surface area contributed by atoms with Gasteiger partial charge in [-0.2, -0.15) is 16.1 Å². The summed E-state index contributed by atoms with van der Waals surface area (Å²) < 4.78 is 32.9. The van der Waals surface area contributed by atoms with E-state index in [0.29, 0.717) is 17.2 Å². The third-order valence-electron chi connectivity index (χ3n) is 3.61. The number of benzene rings is 1. The maximum absolute atomic E-state index is 13.0. The molecule has 0 aromatic heterocycles. The molecule has 0 aliphatic carbocycles. The molecule has 0 N–H and O–H groups in total. The lowest BCUT2D eigenvalue weighted by molar-refractivity contribution is 0.271. The highest BCUT2D eigenvalue weighted by molar-refractivity contribution is 7.99. The van der Waals surface area contributed by atoms with E-state index >= 15 is 0 Å². The van der Waals surface area contributed by atoms with Crippen molar-refractivity contribution in [3.05, 3.63) is 24.3 Å². The lowest BCUT2D eigenvalue weighted by Gasteiger charge is -2.30. The summed E-state index contributed by atoms with van der Waals surface area (Å²) in [6.07, 6.45) is 0.887. The van der Waals surface area contributed by atoms with Crippen LogP contribution in [0.2, 0.25) is 0 Å². The van der Waals surface area contributed by atoms with Gasteiger partial charge in [0.25, 0.3) is 0 Å². The van der Waals surface area contributed by atoms with E-state index in [0.717, 1.165) is 24.5 Å². The van der Waals surface area contributed by atoms with Crippen molar-refractivity contribution in [2.75, 3.05) is 45.8 Å². The van der Waals surface area contributed by atoms with Crippen LogP contribution in [0.1, 0.15) is 6.42 Å². The fourth-order valence-corrected chi connectivity index (χ4v) is 5.43. The van der Waals surface area contributed by atoms with E-state index in [-0.39, 0.29) is 6.04 Å². The van der Waals surface area contributed by atoms with Gasteiger partial charge in [-0.3, -0.25) is 0 Å². The Morgan fingerprint density at radius 1 is 1.41 bits per heavy atom. The molecule has 0 spiro atoms. The minimum Gasteiger partial charge on any atom is -0.497 e. The second-order valence-corrected chi connectivity index (χ2v) is 8.68. The van der Waals surface area contributed by atoms with Gasteiger partial charge in [0.2, 0.25) is 10.0 Å². The summed E-state index contributed by atoms with van der Waals surface area (Å²) in [5, 5.41) is 0. The van der Waals surface area contributed by atoms with Crippen molar-refractivity contribution in [1.29, 1.82) is 0 Å². The van der Waals surface area contributed by atoms with Crippen LogP contribution in [0.4, 0.5) is 0 Å². The van der Waals surface area contributed by atoms with Crippen molar-refractivity contribution in [1.82, 2.24) is 9.21 Å². The van der Waals surface area contributed by atoms with Gasteiger partial charge in [0, 0.05) is 31.0 Å². The van der Waals surface area contributed by atoms with Gasteiger partial charge >= 0.3 is 0 Å². The van der Waals surface area contributed by atoms with Crippen LogP contribution in [0.25, 0.3) is 0 Å². The van der Waals surface area contributed by atoms with Crippen molar-refractivity contribution >= 4 is 21.8 Å². The zero-order valence-electron chi connectivity index (χ0n) is 13.4. The molecular formula is C15H24N2O3S2. The number of sulfonamides is 1. The highest BCUT2D eigenvalue weighted by Gasteiger charge is 2.33. The largest absolute Gasteiger partial charge is 0.497 e. The van der Waals surface area contributed by atoms with Crippen molar-refractivity contribution in [3.63, 3.8) is 0 Å². The minimum atomic E-state index is -3.50. The predicted molar refractivity (Wildman–Crippen MR) is 91.2 cm³/mol. The third kappa shape index (κ3) is 4.16. The molecule has 0 bridgehead atoms. The van der Waals surface area contributed by atoms with Crippen LogP contribution < -0.4 is 4.74 Å². The first kappa shape index (κ1) is 17.6. The van der Waals surface area contributed by atoms with Gasteiger partial charge in [0.05, 0.1) is 12.0 Å². The SMILES string of the molecule is COc1cccc(S(=O)(=O)N2CCCSCC2CN(C)C)c1. The van der Waals surface area contributed by atoms with Crippen LogP contribution in [-0.4, -0.2) is 69.5 Å². The van der Waals surface area contributed by atoms with Gasteiger partial charge in [0.15, 0.2) is 0 Å². The molecule has 1 unspecified atom stereocenters. The van der Waals surface area contributed by atoms with E-state index in [1.54, 1.807) is 35.7 Å². The van der Waals surface area contributed by atoms with Crippen molar-refractivity contribution < 1.29 is 13.2 Å². The van der Waals surface area contributed by atoms with Gasteiger partial charge in [-0.1, -0.05) is 6.07 Å². The first-order valence-electron chi connectivity index (χ1n) is 7.33. The topological polar surface area (TPSA) is 49.9 Å². The zero-order chi connectivity index (χ0) is 16.2. The van der Waals surface area contributed by atoms with Gasteiger partial charge in [-0.25, -0.2) is 8.42 Å². The number of nitrogens with zero attached hydrogens (tertiary/aromatic N) is 2. The Morgan fingerprint density at radius 3 is 2.86 bits per heavy atom. The Labute approximate surface area is 137 Å². The molecule has 1 atom stereocenters. The Morgan fingerprint density at radius 2 is 2.18 bits per heavy atom. The van der Waals surface area contributed by atoms with Crippen LogP contribution in [-0.2, 0) is 10.0 Å². The molecule has 2 rings (SSSR count). The molecule has 1 heterocycles. The Kier molecular flexibility index (Phi) is 6.14. The highest BCUT2D eigenvalue weighted by atomic mass is 32.2. The minimum absolute atomic E-state index is 0.00120. The van der Waals surface area contributed by atoms with E-state index < -0.39 is 10.0 Å². The summed E-state index contributed by atoms with van der Waals surface area (Å²) in [6.45, 7) is 1.31. The Balaban J connectivity index is 2.34. The van der Waals surface area contributed by atoms with Gasteiger partial charge < -0.3 is 9.64 Å². The summed E-state index contributed by atoms with van der Waals surface area (Å²) in [5.74, 6) is 2.41. The summed E-state index contributed by atoms with van der Waals surface area (Å²) in [4.78, 5) is 2.35. The van der Waals surface area contributed by atoms with Crippen molar-refractivity contribution in [2.24, 2.45) is 0 Å². The molecule has 1 saturated heterocycles. The van der Waals surface area contributed by atoms with Crippen molar-refractivity contribution in [3.8, 4) is 5.75 Å². The molecule has 1 aliphatic heterocycles. The van der Waals surface area contributed by atoms with Crippen LogP contribution in [0.5, 0.6) is 5.75 Å². The monoisotopic (exact) mass is 344 g/mol. The van der Waals surface area contributed by atoms with E-state index in [9.17, 15) is 8.42 Å². The number of methoxy groups -OCH3 is 1. The normalized spacial score (nSPS) is 20.8. The molecule has 124 valence electrons. The van der Waals surface area contributed by atoms with Crippen LogP contribution in [0, 0.1) is 0 Å². The lowest BCUT2D eigenvalue weighted by Crippen LogP contribution is -2.46. The van der Waals surface area contributed by atoms with Crippen LogP contribution >= 0.6 is 11.8 Å². The Hall–Kier alpha value is -0.760. The van der Waals surface area contributed by atoms with Gasteiger partial charge in [-0.05, 0) is 38.4 Å². The number of rotatable bonds is 5. The molecular weight excluding hydrogens is 320 g/mol. The van der Waals surface area contributed by atoms with E-state index in [1.165, 1.54) is 0 Å². The van der Waals surface area contributed by atoms with E-state index in [2.05, 4.69) is 0 Å². The molecule has 1 aromatic rings. The summed E-state index contributed by atoms with van der Waals surface area (Å²) in [6, 6.07) is 6.72. The lowest BCUT2D eigenvalue weighted by atomic mass is 10.3. The molecule has 0 amide bonds. The summed E-state index contributed by atoms with van der Waals surface area (Å²) in [5.41, 5.74) is 0. The standard InChI is InChI=1S/C15H24N2O3S2/c1-16(2)11-13-12-21-9-5-8-17(13)22(18,19)15-7-4-6-14(10-15)20-3/h4,6-7,10,13H,5,8-9,11-12H2,1-3H3. The Bertz CT molecular complexity index is 590. The number of thioether (sulfide) groups is 1. The second-order valence-electron chi connectivity index (χ2n) is 5.64. The molecule has 22 heavy (non-hydrogen) atoms. The third-order valence-corrected chi connectivity index (χ3v) is 6.75. The fourth-order valence-electron chi connectivity index (χ4n) is 2.59. The summed E-state index contributed by atoms with van der Waals surface area (Å²) >= 11 is 1.83. The molecule has 0 saturated carbocycles. The number of hydrogen-bond acceptors (Lipinski definition) is 5. The average Bonchev–Trinajstić information content (AvgIpc) is 2.72. The zero-order valence-corrected chi connectivity index (χ0v) is 15.0. The van der Waals surface area contributed by atoms with Crippen molar-refractivity contribution in [2.45, 2.75) is 17.4 Å². The fraction of sp³-hybridized carbons (Fsp3) is 0.600. The quantitative estimate of drug-likeness (QED) is 0.814. The second kappa shape index (κ2) is 7.68. The van der Waals surface area contributed by atoms with E-state index in [1.807, 2.05) is 30.8 Å². The number of hydrogen-bond donors (Lipinski definition) is 0. The highest BCUT2D eigenvalue weighted by Crippen LogP contribution is 2.26. The maximum Gasteiger partial charge on any atom is 0.243 e. The first-order valence-corrected chi connectivity index (χ1v) is 9.93. The molecule has 1 fully saturated rings. The smallest absolute Gasteiger partial charge is 0.243 e. The van der Waals surface area contributed by atoms with Crippen LogP contribution in [0.15, 0.2) is 29.2 Å². The predicted octanol–water partition coefficient (Wildman–Crippen LogP) is 1.75. The summed E-state index contributed by atoms with van der Waals surface area (Å²) in [7, 11) is 2.00. The number of ether oxygens (including phenoxy) is 1. The van der Waals surface area contributed by atoms with Gasteiger partial charge in [-0.15, -0.1) is 0 Å². The molecule has 0 radical (unpaired) electrons.